The van der Waals surface area contributed by atoms with Gasteiger partial charge in [-0.15, -0.1) is 0 Å². The number of phenolic OH excluding ortho intramolecular Hbond substituents is 1. The van der Waals surface area contributed by atoms with Crippen LogP contribution in [0.2, 0.25) is 0 Å². The lowest BCUT2D eigenvalue weighted by Crippen LogP contribution is -2.31. The highest BCUT2D eigenvalue weighted by Gasteiger charge is 2.59. The predicted octanol–water partition coefficient (Wildman–Crippen LogP) is 11.0. The summed E-state index contributed by atoms with van der Waals surface area (Å²) in [7, 11) is 0. The summed E-state index contributed by atoms with van der Waals surface area (Å²) < 4.78 is 7.22. The summed E-state index contributed by atoms with van der Waals surface area (Å²) in [6, 6.07) is 24.1. The highest BCUT2D eigenvalue weighted by molar-refractivity contribution is 8.00. The normalized spacial score (nSPS) is 23.9. The number of hydrogen-bond acceptors (Lipinski definition) is 3. The smallest absolute Gasteiger partial charge is 0.210 e. The van der Waals surface area contributed by atoms with Crippen LogP contribution in [0.15, 0.2) is 94.9 Å². The first-order chi connectivity index (χ1) is 20.5. The second kappa shape index (κ2) is 8.82. The van der Waals surface area contributed by atoms with Crippen molar-refractivity contribution in [1.82, 2.24) is 0 Å². The van der Waals surface area contributed by atoms with Gasteiger partial charge in [-0.3, -0.25) is 0 Å². The van der Waals surface area contributed by atoms with Crippen molar-refractivity contribution in [3.05, 3.63) is 112 Å². The first-order valence-electron chi connectivity index (χ1n) is 15.7. The molecule has 1 spiro atoms. The average molecular weight is 585 g/mol. The van der Waals surface area contributed by atoms with Crippen molar-refractivity contribution in [3.8, 4) is 22.6 Å². The Morgan fingerprint density at radius 2 is 1.42 bits per heavy atom. The van der Waals surface area contributed by atoms with Gasteiger partial charge in [0.1, 0.15) is 11.5 Å². The molecule has 2 nitrogen and oxygen atoms in total. The Morgan fingerprint density at radius 3 is 2.14 bits per heavy atom. The molecule has 1 fully saturated rings. The van der Waals surface area contributed by atoms with Crippen LogP contribution in [-0.2, 0) is 10.3 Å². The van der Waals surface area contributed by atoms with Crippen LogP contribution in [0.3, 0.4) is 0 Å². The van der Waals surface area contributed by atoms with Crippen LogP contribution in [0.4, 0.5) is 0 Å². The van der Waals surface area contributed by atoms with Gasteiger partial charge in [0.25, 0.3) is 0 Å². The minimum absolute atomic E-state index is 0.112. The molecule has 3 heteroatoms. The molecular weight excluding hydrogens is 545 g/mol. The van der Waals surface area contributed by atoms with Gasteiger partial charge in [-0.05, 0) is 107 Å². The second-order valence-corrected chi connectivity index (χ2v) is 15.8. The molecule has 1 unspecified atom stereocenters. The monoisotopic (exact) mass is 584 g/mol. The number of thioether (sulfide) groups is 1. The Bertz CT molecular complexity index is 1910. The maximum atomic E-state index is 11.8. The minimum Gasteiger partial charge on any atom is -0.507 e. The summed E-state index contributed by atoms with van der Waals surface area (Å²) in [5, 5.41) is 13.8. The number of aromatic hydroxyl groups is 1. The number of phenols is 1. The SMILES string of the molecule is CC1=CCCC=C1C1(c2ccccc2C)Oc2cc3c4c(cc(O)c3cc2S1)C1(CC(C)(C)C(C)(C)C1)c1ccccc1-4. The molecule has 218 valence electrons. The van der Waals surface area contributed by atoms with Gasteiger partial charge in [-0.2, -0.15) is 0 Å². The fraction of sp³-hybridized carbons (Fsp3) is 0.350. The summed E-state index contributed by atoms with van der Waals surface area (Å²) in [6.45, 7) is 14.1. The van der Waals surface area contributed by atoms with E-state index in [9.17, 15) is 5.11 Å². The largest absolute Gasteiger partial charge is 0.507 e. The molecule has 1 aliphatic heterocycles. The maximum absolute atomic E-state index is 11.8. The molecule has 0 amide bonds. The summed E-state index contributed by atoms with van der Waals surface area (Å²) >= 11 is 1.78. The molecule has 4 aliphatic rings. The molecule has 1 atom stereocenters. The van der Waals surface area contributed by atoms with E-state index in [0.29, 0.717) is 5.75 Å². The predicted molar refractivity (Wildman–Crippen MR) is 179 cm³/mol. The third-order valence-corrected chi connectivity index (χ3v) is 12.8. The van der Waals surface area contributed by atoms with Crippen LogP contribution in [0, 0.1) is 17.8 Å². The molecule has 8 rings (SSSR count). The number of hydrogen-bond donors (Lipinski definition) is 1. The van der Waals surface area contributed by atoms with E-state index in [1.54, 1.807) is 11.8 Å². The van der Waals surface area contributed by atoms with E-state index >= 15 is 0 Å². The topological polar surface area (TPSA) is 29.5 Å². The van der Waals surface area contributed by atoms with Crippen LogP contribution in [0.25, 0.3) is 21.9 Å². The van der Waals surface area contributed by atoms with Crippen LogP contribution in [0.1, 0.15) is 82.6 Å². The standard InChI is InChI=1S/C40H40O2S/c1-24-13-7-10-16-29(24)40(30-17-11-8-14-25(30)2)42-34-19-28-27(20-35(34)43-40)33(41)21-32-36(28)26-15-9-12-18-31(26)39(32)22-37(3,4)38(5,6)23-39/h7,9-10,12-21,41H,8,11,22-23H2,1-6H3. The number of fused-ring (bicyclic) bond motifs is 8. The van der Waals surface area contributed by atoms with Gasteiger partial charge in [0.2, 0.25) is 4.93 Å². The van der Waals surface area contributed by atoms with Gasteiger partial charge in [-0.25, -0.2) is 0 Å². The fourth-order valence-corrected chi connectivity index (χ4v) is 10.3. The van der Waals surface area contributed by atoms with Crippen molar-refractivity contribution in [1.29, 1.82) is 0 Å². The third-order valence-electron chi connectivity index (χ3n) is 11.5. The maximum Gasteiger partial charge on any atom is 0.210 e. The first-order valence-corrected chi connectivity index (χ1v) is 16.6. The lowest BCUT2D eigenvalue weighted by Gasteiger charge is -2.34. The third kappa shape index (κ3) is 3.55. The number of benzene rings is 4. The van der Waals surface area contributed by atoms with Gasteiger partial charge >= 0.3 is 0 Å². The number of aryl methyl sites for hydroxylation is 1. The molecule has 0 saturated heterocycles. The van der Waals surface area contributed by atoms with E-state index in [2.05, 4.69) is 120 Å². The zero-order chi connectivity index (χ0) is 29.9. The van der Waals surface area contributed by atoms with Crippen molar-refractivity contribution >= 4 is 22.5 Å². The zero-order valence-electron chi connectivity index (χ0n) is 26.1. The highest BCUT2D eigenvalue weighted by Crippen LogP contribution is 2.69. The highest BCUT2D eigenvalue weighted by atomic mass is 32.2. The summed E-state index contributed by atoms with van der Waals surface area (Å²) in [6.07, 6.45) is 8.93. The van der Waals surface area contributed by atoms with Crippen LogP contribution in [-0.4, -0.2) is 5.11 Å². The Kier molecular flexibility index (Phi) is 5.57. The van der Waals surface area contributed by atoms with Crippen molar-refractivity contribution in [2.45, 2.75) is 82.5 Å². The van der Waals surface area contributed by atoms with Crippen molar-refractivity contribution < 1.29 is 9.84 Å². The molecule has 1 saturated carbocycles. The molecule has 3 aliphatic carbocycles. The van der Waals surface area contributed by atoms with Gasteiger partial charge in [0.05, 0.1) is 4.90 Å². The molecule has 1 heterocycles. The molecule has 0 aromatic heterocycles. The molecular formula is C40H40O2S. The molecule has 4 aromatic rings. The van der Waals surface area contributed by atoms with Crippen molar-refractivity contribution in [2.24, 2.45) is 10.8 Å². The quantitative estimate of drug-likeness (QED) is 0.254. The van der Waals surface area contributed by atoms with Gasteiger partial charge < -0.3 is 9.84 Å². The Hall–Kier alpha value is -3.43. The Morgan fingerprint density at radius 1 is 0.744 bits per heavy atom. The zero-order valence-corrected chi connectivity index (χ0v) is 26.9. The molecule has 1 N–H and O–H groups in total. The van der Waals surface area contributed by atoms with Gasteiger partial charge in [0.15, 0.2) is 0 Å². The van der Waals surface area contributed by atoms with Crippen molar-refractivity contribution in [2.75, 3.05) is 0 Å². The average Bonchev–Trinajstić information content (AvgIpc) is 3.53. The van der Waals surface area contributed by atoms with Crippen LogP contribution >= 0.6 is 11.8 Å². The van der Waals surface area contributed by atoms with E-state index in [1.165, 1.54) is 44.5 Å². The van der Waals surface area contributed by atoms with E-state index in [-0.39, 0.29) is 16.2 Å². The Balaban J connectivity index is 1.37. The summed E-state index contributed by atoms with van der Waals surface area (Å²) in [5.41, 5.74) is 10.4. The summed E-state index contributed by atoms with van der Waals surface area (Å²) in [5.74, 6) is 1.27. The molecule has 4 aromatic carbocycles. The first kappa shape index (κ1) is 27.1. The van der Waals surface area contributed by atoms with E-state index in [0.717, 1.165) is 47.1 Å². The van der Waals surface area contributed by atoms with E-state index in [4.69, 9.17) is 4.74 Å². The second-order valence-electron chi connectivity index (χ2n) is 14.6. The Labute approximate surface area is 259 Å². The minimum atomic E-state index is -0.663. The number of allylic oxidation sites excluding steroid dienone is 2. The van der Waals surface area contributed by atoms with Gasteiger partial charge in [-0.1, -0.05) is 100 Å². The van der Waals surface area contributed by atoms with Gasteiger partial charge in [0, 0.05) is 21.9 Å². The fourth-order valence-electron chi connectivity index (χ4n) is 8.76. The molecule has 0 bridgehead atoms. The lowest BCUT2D eigenvalue weighted by molar-refractivity contribution is 0.157. The van der Waals surface area contributed by atoms with Crippen LogP contribution in [0.5, 0.6) is 11.5 Å². The van der Waals surface area contributed by atoms with Crippen LogP contribution < -0.4 is 4.74 Å². The number of ether oxygens (including phenoxy) is 1. The number of rotatable bonds is 2. The van der Waals surface area contributed by atoms with E-state index < -0.39 is 4.93 Å². The van der Waals surface area contributed by atoms with E-state index in [1.807, 2.05) is 0 Å². The molecule has 0 radical (unpaired) electrons. The molecule has 43 heavy (non-hydrogen) atoms. The van der Waals surface area contributed by atoms with Crippen molar-refractivity contribution in [3.63, 3.8) is 0 Å². The lowest BCUT2D eigenvalue weighted by atomic mass is 9.71. The summed E-state index contributed by atoms with van der Waals surface area (Å²) in [4.78, 5) is 0.415.